The smallest absolute Gasteiger partial charge is 0.250 e. The molecule has 1 spiro atoms. The number of carbonyl (C=O) groups excluding carboxylic acids is 2. The highest BCUT2D eigenvalue weighted by Gasteiger charge is 2.65. The van der Waals surface area contributed by atoms with Crippen LogP contribution in [0.25, 0.3) is 0 Å². The first-order chi connectivity index (χ1) is 12.0. The van der Waals surface area contributed by atoms with Crippen LogP contribution in [0.3, 0.4) is 0 Å². The van der Waals surface area contributed by atoms with Gasteiger partial charge in [0.25, 0.3) is 0 Å². The molecule has 3 aliphatic rings. The number of amides is 1. The molecule has 0 bridgehead atoms. The third kappa shape index (κ3) is 2.24. The van der Waals surface area contributed by atoms with Gasteiger partial charge in [0, 0.05) is 50.8 Å². The number of fused-ring (bicyclic) bond motifs is 3. The third-order valence-corrected chi connectivity index (χ3v) is 7.25. The van der Waals surface area contributed by atoms with Gasteiger partial charge in [-0.05, 0) is 24.6 Å². The van der Waals surface area contributed by atoms with Crippen LogP contribution in [0, 0.1) is 5.92 Å². The van der Waals surface area contributed by atoms with Crippen molar-refractivity contribution in [3.63, 3.8) is 0 Å². The normalized spacial score (nSPS) is 31.7. The summed E-state index contributed by atoms with van der Waals surface area (Å²) in [5.41, 5.74) is 0.628. The minimum Gasteiger partial charge on any atom is -0.324 e. The average molecular weight is 409 g/mol. The van der Waals surface area contributed by atoms with Gasteiger partial charge in [0.15, 0.2) is 0 Å². The van der Waals surface area contributed by atoms with Gasteiger partial charge < -0.3 is 5.32 Å². The Labute approximate surface area is 165 Å². The minimum absolute atomic E-state index is 0. The van der Waals surface area contributed by atoms with Crippen molar-refractivity contribution in [2.45, 2.75) is 37.8 Å². The Balaban J connectivity index is 0.00000168. The van der Waals surface area contributed by atoms with Gasteiger partial charge in [0.05, 0.1) is 5.02 Å². The number of ketones is 1. The molecule has 2 N–H and O–H groups in total. The van der Waals surface area contributed by atoms with Crippen LogP contribution in [0.1, 0.15) is 36.6 Å². The van der Waals surface area contributed by atoms with Gasteiger partial charge >= 0.3 is 0 Å². The maximum atomic E-state index is 13.1. The van der Waals surface area contributed by atoms with E-state index in [1.807, 2.05) is 17.5 Å². The summed E-state index contributed by atoms with van der Waals surface area (Å²) in [6, 6.07) is 7.33. The molecule has 1 aromatic carbocycles. The lowest BCUT2D eigenvalue weighted by Crippen LogP contribution is -2.49. The van der Waals surface area contributed by atoms with Crippen LogP contribution in [0.5, 0.6) is 0 Å². The molecule has 1 saturated carbocycles. The molecule has 4 atom stereocenters. The molecule has 5 rings (SSSR count). The molecular formula is C19H18Cl2N2O2S. The van der Waals surface area contributed by atoms with Gasteiger partial charge in [-0.1, -0.05) is 36.7 Å². The lowest BCUT2D eigenvalue weighted by Gasteiger charge is -2.31. The number of nitrogens with one attached hydrogen (secondary N) is 2. The summed E-state index contributed by atoms with van der Waals surface area (Å²) in [6.45, 7) is 0. The molecule has 1 aliphatic carbocycles. The van der Waals surface area contributed by atoms with Crippen molar-refractivity contribution in [3.8, 4) is 0 Å². The van der Waals surface area contributed by atoms with E-state index < -0.39 is 5.54 Å². The number of halogens is 2. The number of Topliss-reactive ketones (excluding diaryl/α,β-unsaturated/α-hetero) is 1. The fourth-order valence-corrected chi connectivity index (χ4v) is 6.21. The van der Waals surface area contributed by atoms with E-state index >= 15 is 0 Å². The topological polar surface area (TPSA) is 58.2 Å². The predicted molar refractivity (Wildman–Crippen MR) is 105 cm³/mol. The van der Waals surface area contributed by atoms with Crippen molar-refractivity contribution < 1.29 is 9.59 Å². The van der Waals surface area contributed by atoms with Crippen molar-refractivity contribution in [1.29, 1.82) is 0 Å². The van der Waals surface area contributed by atoms with Crippen LogP contribution >= 0.6 is 34.5 Å². The molecule has 1 saturated heterocycles. The molecule has 4 nitrogen and oxygen atoms in total. The zero-order valence-electron chi connectivity index (χ0n) is 13.0. The molecule has 26 heavy (non-hydrogen) atoms. The molecule has 1 aromatic heterocycles. The lowest BCUT2D eigenvalue weighted by molar-refractivity contribution is -0.123. The molecule has 0 unspecified atom stereocenters. The number of benzene rings is 1. The van der Waals surface area contributed by atoms with E-state index in [0.29, 0.717) is 22.2 Å². The molecule has 1 amide bonds. The highest BCUT2D eigenvalue weighted by molar-refractivity contribution is 7.10. The number of thiophene rings is 1. The summed E-state index contributed by atoms with van der Waals surface area (Å²) in [7, 11) is 0. The van der Waals surface area contributed by atoms with Crippen molar-refractivity contribution in [1.82, 2.24) is 5.32 Å². The highest BCUT2D eigenvalue weighted by Crippen LogP contribution is 2.57. The van der Waals surface area contributed by atoms with Crippen molar-refractivity contribution in [2.24, 2.45) is 5.92 Å². The van der Waals surface area contributed by atoms with E-state index in [-0.39, 0.29) is 37.0 Å². The van der Waals surface area contributed by atoms with E-state index in [0.717, 1.165) is 16.9 Å². The van der Waals surface area contributed by atoms with Crippen molar-refractivity contribution in [3.05, 3.63) is 50.1 Å². The second kappa shape index (κ2) is 6.06. The first-order valence-electron chi connectivity index (χ1n) is 8.16. The van der Waals surface area contributed by atoms with E-state index in [1.54, 1.807) is 12.1 Å². The van der Waals surface area contributed by atoms with E-state index in [9.17, 15) is 9.59 Å². The lowest BCUT2D eigenvalue weighted by atomic mass is 9.74. The summed E-state index contributed by atoms with van der Waals surface area (Å²) >= 11 is 13.8. The Morgan fingerprint density at radius 3 is 2.69 bits per heavy atom. The maximum Gasteiger partial charge on any atom is 0.250 e. The Hall–Kier alpha value is -1.40. The molecule has 2 aromatic rings. The van der Waals surface area contributed by atoms with Gasteiger partial charge in [-0.15, -0.1) is 11.3 Å². The number of hydrogen-bond donors (Lipinski definition) is 2. The van der Waals surface area contributed by atoms with Crippen molar-refractivity contribution in [2.75, 3.05) is 5.32 Å². The first kappa shape index (κ1) is 18.0. The maximum absolute atomic E-state index is 13.1. The number of hydrogen-bond acceptors (Lipinski definition) is 4. The fraction of sp³-hybridized carbons (Fsp3) is 0.368. The van der Waals surface area contributed by atoms with E-state index in [2.05, 4.69) is 10.6 Å². The Morgan fingerprint density at radius 1 is 1.15 bits per heavy atom. The number of anilines is 1. The van der Waals surface area contributed by atoms with Crippen molar-refractivity contribution >= 4 is 51.9 Å². The standard InChI is InChI=1S/C18H14Cl2N2O2S.CH4/c19-8-1-2-10-12(5-8)21-17(24)18(10)16(14-6-9(20)7-25-14)15-11(22-18)3-4-13(15)23;/h1-2,5-7,11,15-16,22H,3-4H2,(H,21,24);1H4/t11-,15-,16-,18-;/m1./s1. The average Bonchev–Trinajstić information content (AvgIpc) is 3.28. The third-order valence-electron chi connectivity index (χ3n) is 5.65. The largest absolute Gasteiger partial charge is 0.324 e. The molecule has 0 radical (unpaired) electrons. The molecule has 136 valence electrons. The highest BCUT2D eigenvalue weighted by atomic mass is 35.5. The van der Waals surface area contributed by atoms with E-state index in [1.165, 1.54) is 11.3 Å². The summed E-state index contributed by atoms with van der Waals surface area (Å²) in [4.78, 5) is 26.7. The summed E-state index contributed by atoms with van der Waals surface area (Å²) in [5, 5.41) is 9.55. The Morgan fingerprint density at radius 2 is 1.96 bits per heavy atom. The first-order valence-corrected chi connectivity index (χ1v) is 9.80. The van der Waals surface area contributed by atoms with Gasteiger partial charge in [-0.2, -0.15) is 0 Å². The summed E-state index contributed by atoms with van der Waals surface area (Å²) < 4.78 is 0. The molecule has 2 fully saturated rings. The summed E-state index contributed by atoms with van der Waals surface area (Å²) in [6.07, 6.45) is 1.32. The van der Waals surface area contributed by atoms with Gasteiger partial charge in [0.1, 0.15) is 11.3 Å². The second-order valence-electron chi connectivity index (χ2n) is 6.88. The molecular weight excluding hydrogens is 391 g/mol. The zero-order valence-corrected chi connectivity index (χ0v) is 15.3. The number of carbonyl (C=O) groups is 2. The SMILES string of the molecule is C.O=C1CC[C@H]2N[C@@]3(C(=O)Nc4cc(Cl)ccc43)[C@H](c3cc(Cl)cs3)[C@@H]12. The molecule has 2 aliphatic heterocycles. The van der Waals surface area contributed by atoms with Crippen LogP contribution in [0.4, 0.5) is 5.69 Å². The Kier molecular flexibility index (Phi) is 4.19. The van der Waals surface area contributed by atoms with Crippen LogP contribution in [-0.2, 0) is 15.1 Å². The second-order valence-corrected chi connectivity index (χ2v) is 8.69. The van der Waals surface area contributed by atoms with Crippen LogP contribution in [0.15, 0.2) is 29.6 Å². The number of rotatable bonds is 1. The Bertz CT molecular complexity index is 928. The van der Waals surface area contributed by atoms with Crippen LogP contribution < -0.4 is 10.6 Å². The minimum atomic E-state index is -0.945. The van der Waals surface area contributed by atoms with E-state index in [4.69, 9.17) is 23.2 Å². The quantitative estimate of drug-likeness (QED) is 0.725. The van der Waals surface area contributed by atoms with Gasteiger partial charge in [-0.25, -0.2) is 0 Å². The molecule has 3 heterocycles. The fourth-order valence-electron chi connectivity index (χ4n) is 4.74. The molecule has 7 heteroatoms. The monoisotopic (exact) mass is 408 g/mol. The zero-order chi connectivity index (χ0) is 17.3. The van der Waals surface area contributed by atoms with Gasteiger partial charge in [-0.3, -0.25) is 14.9 Å². The van der Waals surface area contributed by atoms with Crippen LogP contribution in [-0.4, -0.2) is 17.7 Å². The van der Waals surface area contributed by atoms with Gasteiger partial charge in [0.2, 0.25) is 5.91 Å². The predicted octanol–water partition coefficient (Wildman–Crippen LogP) is 4.57. The summed E-state index contributed by atoms with van der Waals surface area (Å²) in [5.74, 6) is -0.366. The van der Waals surface area contributed by atoms with Crippen LogP contribution in [0.2, 0.25) is 10.0 Å².